The van der Waals surface area contributed by atoms with Crippen LogP contribution in [-0.2, 0) is 4.79 Å². The summed E-state index contributed by atoms with van der Waals surface area (Å²) in [5.74, 6) is 6.27. The minimum Gasteiger partial charge on any atom is -0.349 e. The highest BCUT2D eigenvalue weighted by atomic mass is 16.2. The Bertz CT molecular complexity index is 475. The Morgan fingerprint density at radius 3 is 1.91 bits per heavy atom. The monoisotopic (exact) mass is 315 g/mol. The predicted molar refractivity (Wildman–Crippen MR) is 91.7 cm³/mol. The molecule has 6 saturated carbocycles. The van der Waals surface area contributed by atoms with Crippen molar-refractivity contribution in [2.24, 2.45) is 46.8 Å². The fourth-order valence-electron chi connectivity index (χ4n) is 8.44. The van der Waals surface area contributed by atoms with Crippen LogP contribution in [0.5, 0.6) is 0 Å². The SMILES string of the molecule is CN(C)C(=O)[C@@H]([C@@H]1C[C@H]2CC[C@H]1C2)C12CC3CC(CC(C3)C1)C2. The van der Waals surface area contributed by atoms with Gasteiger partial charge < -0.3 is 4.90 Å². The molecule has 23 heavy (non-hydrogen) atoms. The van der Waals surface area contributed by atoms with Gasteiger partial charge in [0.25, 0.3) is 0 Å². The number of rotatable bonds is 3. The predicted octanol–water partition coefficient (Wildman–Crippen LogP) is 4.34. The van der Waals surface area contributed by atoms with Crippen LogP contribution in [0.2, 0.25) is 0 Å². The summed E-state index contributed by atoms with van der Waals surface area (Å²) < 4.78 is 0. The molecule has 0 N–H and O–H groups in total. The van der Waals surface area contributed by atoms with E-state index in [1.165, 1.54) is 64.2 Å². The highest BCUT2D eigenvalue weighted by Crippen LogP contribution is 2.66. The lowest BCUT2D eigenvalue weighted by Crippen LogP contribution is -2.55. The second-order valence-corrected chi connectivity index (χ2v) is 10.3. The summed E-state index contributed by atoms with van der Waals surface area (Å²) in [6.07, 6.45) is 14.3. The number of nitrogens with zero attached hydrogens (tertiary/aromatic N) is 1. The van der Waals surface area contributed by atoms with E-state index in [4.69, 9.17) is 0 Å². The second kappa shape index (κ2) is 4.99. The molecule has 0 aromatic heterocycles. The molecule has 4 atom stereocenters. The van der Waals surface area contributed by atoms with Crippen LogP contribution in [0.1, 0.15) is 64.2 Å². The first kappa shape index (κ1) is 14.8. The molecule has 6 fully saturated rings. The first-order valence-corrected chi connectivity index (χ1v) is 10.3. The fourth-order valence-corrected chi connectivity index (χ4v) is 8.44. The maximum absolute atomic E-state index is 13.3. The zero-order valence-electron chi connectivity index (χ0n) is 15.0. The molecule has 128 valence electrons. The van der Waals surface area contributed by atoms with Gasteiger partial charge in [-0.2, -0.15) is 0 Å². The van der Waals surface area contributed by atoms with E-state index in [0.717, 1.165) is 35.5 Å². The molecular weight excluding hydrogens is 282 g/mol. The number of fused-ring (bicyclic) bond motifs is 2. The van der Waals surface area contributed by atoms with Crippen LogP contribution in [0, 0.1) is 46.8 Å². The van der Waals surface area contributed by atoms with Crippen molar-refractivity contribution in [1.82, 2.24) is 4.90 Å². The van der Waals surface area contributed by atoms with Gasteiger partial charge in [0.1, 0.15) is 0 Å². The highest BCUT2D eigenvalue weighted by molar-refractivity contribution is 5.79. The van der Waals surface area contributed by atoms with E-state index in [0.29, 0.717) is 17.2 Å². The van der Waals surface area contributed by atoms with Gasteiger partial charge in [0.05, 0.1) is 0 Å². The lowest BCUT2D eigenvalue weighted by molar-refractivity contribution is -0.157. The molecule has 6 aliphatic carbocycles. The molecule has 0 unspecified atom stereocenters. The first-order chi connectivity index (χ1) is 11.0. The van der Waals surface area contributed by atoms with Crippen LogP contribution >= 0.6 is 0 Å². The van der Waals surface area contributed by atoms with Gasteiger partial charge in [0.2, 0.25) is 5.91 Å². The van der Waals surface area contributed by atoms with Gasteiger partial charge in [-0.05, 0) is 98.7 Å². The molecule has 0 heterocycles. The minimum atomic E-state index is 0.362. The van der Waals surface area contributed by atoms with Gasteiger partial charge in [-0.1, -0.05) is 6.42 Å². The summed E-state index contributed by atoms with van der Waals surface area (Å²) in [5.41, 5.74) is 0.394. The van der Waals surface area contributed by atoms with Crippen molar-refractivity contribution in [3.8, 4) is 0 Å². The average molecular weight is 316 g/mol. The van der Waals surface area contributed by atoms with Crippen molar-refractivity contribution in [2.75, 3.05) is 14.1 Å². The maximum Gasteiger partial charge on any atom is 0.226 e. The van der Waals surface area contributed by atoms with Crippen molar-refractivity contribution < 1.29 is 4.79 Å². The standard InChI is InChI=1S/C21H33NO/c1-22(2)20(23)19(18-9-13-3-4-17(18)8-13)21-10-14-5-15(11-21)7-16(6-14)12-21/h13-19H,3-12H2,1-2H3/t13-,14?,15?,16?,17-,18+,19+,21?/m0/s1. The molecule has 0 spiro atoms. The van der Waals surface area contributed by atoms with Crippen LogP contribution in [0.25, 0.3) is 0 Å². The van der Waals surface area contributed by atoms with E-state index >= 15 is 0 Å². The Morgan fingerprint density at radius 1 is 0.870 bits per heavy atom. The molecule has 0 saturated heterocycles. The zero-order chi connectivity index (χ0) is 15.8. The van der Waals surface area contributed by atoms with Crippen molar-refractivity contribution in [3.63, 3.8) is 0 Å². The molecule has 6 aliphatic rings. The number of carbonyl (C=O) groups excluding carboxylic acids is 1. The van der Waals surface area contributed by atoms with Crippen molar-refractivity contribution >= 4 is 5.91 Å². The molecule has 2 heteroatoms. The summed E-state index contributed by atoms with van der Waals surface area (Å²) in [6.45, 7) is 0. The normalized spacial score (nSPS) is 51.2. The van der Waals surface area contributed by atoms with Crippen LogP contribution in [0.3, 0.4) is 0 Å². The van der Waals surface area contributed by atoms with Crippen LogP contribution in [0.15, 0.2) is 0 Å². The zero-order valence-corrected chi connectivity index (χ0v) is 15.0. The van der Waals surface area contributed by atoms with Crippen LogP contribution < -0.4 is 0 Å². The van der Waals surface area contributed by atoms with Crippen LogP contribution in [0.4, 0.5) is 0 Å². The lowest BCUT2D eigenvalue weighted by Gasteiger charge is -2.60. The third kappa shape index (κ3) is 2.15. The van der Waals surface area contributed by atoms with Gasteiger partial charge >= 0.3 is 0 Å². The number of carbonyl (C=O) groups is 1. The maximum atomic E-state index is 13.3. The fraction of sp³-hybridized carbons (Fsp3) is 0.952. The van der Waals surface area contributed by atoms with Gasteiger partial charge in [0, 0.05) is 20.0 Å². The molecule has 6 bridgehead atoms. The smallest absolute Gasteiger partial charge is 0.226 e. The van der Waals surface area contributed by atoms with E-state index in [1.54, 1.807) is 0 Å². The highest BCUT2D eigenvalue weighted by Gasteiger charge is 2.60. The summed E-state index contributed by atoms with van der Waals surface area (Å²) in [4.78, 5) is 15.3. The quantitative estimate of drug-likeness (QED) is 0.758. The largest absolute Gasteiger partial charge is 0.349 e. The molecule has 1 amide bonds. The molecule has 2 nitrogen and oxygen atoms in total. The van der Waals surface area contributed by atoms with E-state index in [2.05, 4.69) is 0 Å². The third-order valence-corrected chi connectivity index (χ3v) is 8.67. The first-order valence-electron chi connectivity index (χ1n) is 10.3. The Kier molecular flexibility index (Phi) is 3.21. The molecule has 0 radical (unpaired) electrons. The van der Waals surface area contributed by atoms with E-state index in [9.17, 15) is 4.79 Å². The van der Waals surface area contributed by atoms with Crippen molar-refractivity contribution in [2.45, 2.75) is 64.2 Å². The Labute approximate surface area is 141 Å². The van der Waals surface area contributed by atoms with Crippen molar-refractivity contribution in [3.05, 3.63) is 0 Å². The van der Waals surface area contributed by atoms with Gasteiger partial charge in [0.15, 0.2) is 0 Å². The second-order valence-electron chi connectivity index (χ2n) is 10.3. The summed E-state index contributed by atoms with van der Waals surface area (Å²) in [7, 11) is 4.01. The Morgan fingerprint density at radius 2 is 1.48 bits per heavy atom. The minimum absolute atomic E-state index is 0.362. The summed E-state index contributed by atoms with van der Waals surface area (Å²) >= 11 is 0. The molecule has 0 aromatic rings. The van der Waals surface area contributed by atoms with E-state index in [-0.39, 0.29) is 0 Å². The Hall–Kier alpha value is -0.530. The lowest BCUT2D eigenvalue weighted by atomic mass is 9.44. The number of hydrogen-bond acceptors (Lipinski definition) is 1. The number of amides is 1. The summed E-state index contributed by atoms with van der Waals surface area (Å²) in [6, 6.07) is 0. The number of hydrogen-bond donors (Lipinski definition) is 0. The third-order valence-electron chi connectivity index (χ3n) is 8.67. The molecule has 0 aliphatic heterocycles. The molecular formula is C21H33NO. The Balaban J connectivity index is 1.51. The van der Waals surface area contributed by atoms with Crippen LogP contribution in [-0.4, -0.2) is 24.9 Å². The molecule has 0 aromatic carbocycles. The van der Waals surface area contributed by atoms with Crippen molar-refractivity contribution in [1.29, 1.82) is 0 Å². The van der Waals surface area contributed by atoms with Gasteiger partial charge in [-0.25, -0.2) is 0 Å². The van der Waals surface area contributed by atoms with E-state index < -0.39 is 0 Å². The van der Waals surface area contributed by atoms with E-state index in [1.807, 2.05) is 19.0 Å². The molecule has 6 rings (SSSR count). The average Bonchev–Trinajstić information content (AvgIpc) is 3.08. The topological polar surface area (TPSA) is 20.3 Å². The van der Waals surface area contributed by atoms with Gasteiger partial charge in [-0.3, -0.25) is 4.79 Å². The van der Waals surface area contributed by atoms with Gasteiger partial charge in [-0.15, -0.1) is 0 Å². The summed E-state index contributed by atoms with van der Waals surface area (Å²) in [5, 5.41) is 0.